The Morgan fingerprint density at radius 2 is 2.04 bits per heavy atom. The van der Waals surface area contributed by atoms with Gasteiger partial charge in [-0.1, -0.05) is 42.5 Å². The molecule has 2 aromatic carbocycles. The van der Waals surface area contributed by atoms with E-state index < -0.39 is 0 Å². The molecule has 26 heavy (non-hydrogen) atoms. The first-order valence-electron chi connectivity index (χ1n) is 9.02. The highest BCUT2D eigenvalue weighted by Gasteiger charge is 2.23. The third kappa shape index (κ3) is 4.06. The van der Waals surface area contributed by atoms with Crippen molar-refractivity contribution in [2.24, 2.45) is 0 Å². The minimum Gasteiger partial charge on any atom is -0.334 e. The molecule has 1 saturated heterocycles. The van der Waals surface area contributed by atoms with Gasteiger partial charge in [-0.3, -0.25) is 4.90 Å². The zero-order valence-electron chi connectivity index (χ0n) is 14.7. The summed E-state index contributed by atoms with van der Waals surface area (Å²) in [5, 5.41) is 12.8. The molecule has 3 aromatic rings. The lowest BCUT2D eigenvalue weighted by Gasteiger charge is -2.16. The van der Waals surface area contributed by atoms with Crippen molar-refractivity contribution in [1.29, 1.82) is 0 Å². The van der Waals surface area contributed by atoms with Crippen LogP contribution in [0.4, 0.5) is 4.79 Å². The van der Waals surface area contributed by atoms with Gasteiger partial charge in [0.05, 0.1) is 0 Å². The predicted octanol–water partition coefficient (Wildman–Crippen LogP) is 3.98. The summed E-state index contributed by atoms with van der Waals surface area (Å²) >= 11 is 1.73. The van der Waals surface area contributed by atoms with Gasteiger partial charge >= 0.3 is 6.03 Å². The highest BCUT2D eigenvalue weighted by atomic mass is 32.1. The molecule has 2 heterocycles. The molecule has 0 bridgehead atoms. The van der Waals surface area contributed by atoms with Gasteiger partial charge < -0.3 is 10.6 Å². The molecule has 1 aliphatic heterocycles. The lowest BCUT2D eigenvalue weighted by Crippen LogP contribution is -2.43. The van der Waals surface area contributed by atoms with Crippen LogP contribution in [-0.4, -0.2) is 30.1 Å². The number of benzene rings is 2. The van der Waals surface area contributed by atoms with Gasteiger partial charge in [-0.25, -0.2) is 4.79 Å². The van der Waals surface area contributed by atoms with Gasteiger partial charge in [-0.2, -0.15) is 11.3 Å². The Kier molecular flexibility index (Phi) is 5.18. The fourth-order valence-corrected chi connectivity index (χ4v) is 4.25. The van der Waals surface area contributed by atoms with Gasteiger partial charge in [0.15, 0.2) is 0 Å². The summed E-state index contributed by atoms with van der Waals surface area (Å²) in [4.78, 5) is 14.7. The Labute approximate surface area is 157 Å². The van der Waals surface area contributed by atoms with Crippen LogP contribution >= 0.6 is 11.3 Å². The van der Waals surface area contributed by atoms with Crippen molar-refractivity contribution < 1.29 is 4.79 Å². The van der Waals surface area contributed by atoms with Crippen LogP contribution < -0.4 is 10.6 Å². The SMILES string of the molecule is O=C(NCc1cccc2ccccc12)N[C@@H]1CCN(Cc2ccsc2)C1. The average Bonchev–Trinajstić information content (AvgIpc) is 3.32. The fourth-order valence-electron chi connectivity index (χ4n) is 3.59. The molecule has 5 heteroatoms. The van der Waals surface area contributed by atoms with Crippen LogP contribution in [0, 0.1) is 0 Å². The number of hydrogen-bond acceptors (Lipinski definition) is 3. The third-order valence-corrected chi connectivity index (χ3v) is 5.65. The molecule has 2 N–H and O–H groups in total. The number of hydrogen-bond donors (Lipinski definition) is 2. The Morgan fingerprint density at radius 1 is 1.15 bits per heavy atom. The molecule has 1 aliphatic rings. The molecular formula is C21H23N3OS. The van der Waals surface area contributed by atoms with Crippen molar-refractivity contribution in [2.75, 3.05) is 13.1 Å². The largest absolute Gasteiger partial charge is 0.334 e. The van der Waals surface area contributed by atoms with Crippen LogP contribution in [0.5, 0.6) is 0 Å². The summed E-state index contributed by atoms with van der Waals surface area (Å²) in [6, 6.07) is 16.8. The number of carbonyl (C=O) groups is 1. The van der Waals surface area contributed by atoms with Gasteiger partial charge in [0.2, 0.25) is 0 Å². The van der Waals surface area contributed by atoms with Crippen molar-refractivity contribution in [3.8, 4) is 0 Å². The topological polar surface area (TPSA) is 44.4 Å². The number of urea groups is 1. The summed E-state index contributed by atoms with van der Waals surface area (Å²) in [7, 11) is 0. The van der Waals surface area contributed by atoms with E-state index >= 15 is 0 Å². The third-order valence-electron chi connectivity index (χ3n) is 4.91. The van der Waals surface area contributed by atoms with E-state index in [1.165, 1.54) is 16.3 Å². The number of nitrogens with one attached hydrogen (secondary N) is 2. The second kappa shape index (κ2) is 7.89. The summed E-state index contributed by atoms with van der Waals surface area (Å²) in [5.41, 5.74) is 2.50. The molecule has 0 radical (unpaired) electrons. The average molecular weight is 366 g/mol. The Balaban J connectivity index is 1.28. The van der Waals surface area contributed by atoms with Crippen molar-refractivity contribution in [3.05, 3.63) is 70.4 Å². The van der Waals surface area contributed by atoms with Crippen molar-refractivity contribution in [2.45, 2.75) is 25.6 Å². The molecule has 0 spiro atoms. The van der Waals surface area contributed by atoms with Crippen molar-refractivity contribution >= 4 is 28.1 Å². The molecule has 0 saturated carbocycles. The maximum absolute atomic E-state index is 12.3. The molecular weight excluding hydrogens is 342 g/mol. The molecule has 0 aliphatic carbocycles. The van der Waals surface area contributed by atoms with Crippen molar-refractivity contribution in [3.63, 3.8) is 0 Å². The standard InChI is InChI=1S/C21H23N3OS/c25-21(22-12-18-6-3-5-17-4-1-2-7-20(17)18)23-19-8-10-24(14-19)13-16-9-11-26-15-16/h1-7,9,11,15,19H,8,10,12-14H2,(H2,22,23,25)/t19-/m1/s1. The van der Waals surface area contributed by atoms with E-state index in [1.54, 1.807) is 11.3 Å². The van der Waals surface area contributed by atoms with E-state index in [1.807, 2.05) is 18.2 Å². The molecule has 0 unspecified atom stereocenters. The van der Waals surface area contributed by atoms with Crippen LogP contribution in [0.2, 0.25) is 0 Å². The Morgan fingerprint density at radius 3 is 2.92 bits per heavy atom. The zero-order valence-corrected chi connectivity index (χ0v) is 15.5. The van der Waals surface area contributed by atoms with Crippen LogP contribution in [0.25, 0.3) is 10.8 Å². The summed E-state index contributed by atoms with van der Waals surface area (Å²) in [6.45, 7) is 3.46. The van der Waals surface area contributed by atoms with Crippen LogP contribution in [0.1, 0.15) is 17.5 Å². The summed E-state index contributed by atoms with van der Waals surface area (Å²) < 4.78 is 0. The summed E-state index contributed by atoms with van der Waals surface area (Å²) in [5.74, 6) is 0. The summed E-state index contributed by atoms with van der Waals surface area (Å²) in [6.07, 6.45) is 1.01. The van der Waals surface area contributed by atoms with Gasteiger partial charge in [0, 0.05) is 32.2 Å². The van der Waals surface area contributed by atoms with E-state index in [2.05, 4.69) is 56.6 Å². The lowest BCUT2D eigenvalue weighted by atomic mass is 10.0. The van der Waals surface area contributed by atoms with Crippen LogP contribution in [0.15, 0.2) is 59.3 Å². The minimum absolute atomic E-state index is 0.0830. The maximum atomic E-state index is 12.3. The first-order valence-corrected chi connectivity index (χ1v) is 9.96. The number of amides is 2. The molecule has 1 fully saturated rings. The molecule has 2 amide bonds. The smallest absolute Gasteiger partial charge is 0.315 e. The van der Waals surface area contributed by atoms with E-state index in [-0.39, 0.29) is 12.1 Å². The fraction of sp³-hybridized carbons (Fsp3) is 0.286. The maximum Gasteiger partial charge on any atom is 0.315 e. The van der Waals surface area contributed by atoms with Crippen LogP contribution in [0.3, 0.4) is 0 Å². The highest BCUT2D eigenvalue weighted by Crippen LogP contribution is 2.18. The lowest BCUT2D eigenvalue weighted by molar-refractivity contribution is 0.235. The minimum atomic E-state index is -0.0830. The Bertz CT molecular complexity index is 873. The van der Waals surface area contributed by atoms with Gasteiger partial charge in [0.25, 0.3) is 0 Å². The van der Waals surface area contributed by atoms with E-state index in [0.717, 1.165) is 31.6 Å². The molecule has 1 aromatic heterocycles. The predicted molar refractivity (Wildman–Crippen MR) is 107 cm³/mol. The Hall–Kier alpha value is -2.37. The zero-order chi connectivity index (χ0) is 17.8. The number of rotatable bonds is 5. The van der Waals surface area contributed by atoms with Gasteiger partial charge in [-0.15, -0.1) is 0 Å². The normalized spacial score (nSPS) is 17.5. The molecule has 4 nitrogen and oxygen atoms in total. The second-order valence-electron chi connectivity index (χ2n) is 6.82. The van der Waals surface area contributed by atoms with E-state index in [0.29, 0.717) is 6.54 Å². The van der Waals surface area contributed by atoms with Gasteiger partial charge in [-0.05, 0) is 45.1 Å². The van der Waals surface area contributed by atoms with Gasteiger partial charge in [0.1, 0.15) is 0 Å². The first kappa shape index (κ1) is 17.1. The van der Waals surface area contributed by atoms with Crippen molar-refractivity contribution in [1.82, 2.24) is 15.5 Å². The molecule has 1 atom stereocenters. The van der Waals surface area contributed by atoms with Crippen LogP contribution in [-0.2, 0) is 13.1 Å². The number of fused-ring (bicyclic) bond motifs is 1. The highest BCUT2D eigenvalue weighted by molar-refractivity contribution is 7.07. The quantitative estimate of drug-likeness (QED) is 0.718. The number of likely N-dealkylation sites (tertiary alicyclic amines) is 1. The number of carbonyl (C=O) groups excluding carboxylic acids is 1. The van der Waals surface area contributed by atoms with E-state index in [4.69, 9.17) is 0 Å². The first-order chi connectivity index (χ1) is 12.8. The second-order valence-corrected chi connectivity index (χ2v) is 7.60. The monoisotopic (exact) mass is 365 g/mol. The molecule has 134 valence electrons. The number of nitrogens with zero attached hydrogens (tertiary/aromatic N) is 1. The molecule has 4 rings (SSSR count). The number of thiophene rings is 1. The van der Waals surface area contributed by atoms with E-state index in [9.17, 15) is 4.79 Å².